The maximum atomic E-state index is 12.8. The lowest BCUT2D eigenvalue weighted by molar-refractivity contribution is -0.890. The summed E-state index contributed by atoms with van der Waals surface area (Å²) in [7, 11) is 4.58. The second-order valence-corrected chi connectivity index (χ2v) is 16.7. The zero-order valence-corrected chi connectivity index (χ0v) is 28.4. The molecule has 4 aliphatic rings. The molecule has 0 saturated heterocycles. The van der Waals surface area contributed by atoms with E-state index >= 15 is 0 Å². The molecule has 5 rings (SSSR count). The summed E-state index contributed by atoms with van der Waals surface area (Å²) in [6.45, 7) is 9.90. The Morgan fingerprint density at radius 1 is 0.977 bits per heavy atom. The molecule has 11 atom stereocenters. The van der Waals surface area contributed by atoms with Crippen LogP contribution in [0.3, 0.4) is 0 Å². The lowest BCUT2D eigenvalue weighted by Gasteiger charge is -2.63. The second-order valence-electron chi connectivity index (χ2n) is 16.7. The zero-order valence-electron chi connectivity index (χ0n) is 28.4. The molecule has 4 aliphatic carbocycles. The Balaban J connectivity index is 1.07. The van der Waals surface area contributed by atoms with E-state index in [4.69, 9.17) is 0 Å². The second kappa shape index (κ2) is 13.7. The van der Waals surface area contributed by atoms with Gasteiger partial charge >= 0.3 is 0 Å². The average molecular weight is 612 g/mol. The number of hydrogen-bond donors (Lipinski definition) is 4. The molecule has 4 N–H and O–H groups in total. The van der Waals surface area contributed by atoms with Crippen LogP contribution in [0.5, 0.6) is 0 Å². The molecule has 0 radical (unpaired) electrons. The van der Waals surface area contributed by atoms with Gasteiger partial charge in [0.25, 0.3) is 0 Å². The van der Waals surface area contributed by atoms with Crippen LogP contribution in [-0.4, -0.2) is 77.8 Å². The summed E-state index contributed by atoms with van der Waals surface area (Å²) in [6.07, 6.45) is 10.0. The van der Waals surface area contributed by atoms with Gasteiger partial charge in [0.2, 0.25) is 5.91 Å². The minimum atomic E-state index is -0.374. The summed E-state index contributed by atoms with van der Waals surface area (Å²) in [5, 5.41) is 36.9. The fourth-order valence-electron chi connectivity index (χ4n) is 11.0. The van der Waals surface area contributed by atoms with Crippen LogP contribution in [0.15, 0.2) is 30.3 Å². The summed E-state index contributed by atoms with van der Waals surface area (Å²) < 4.78 is 0.974. The Morgan fingerprint density at radius 3 is 2.45 bits per heavy atom. The Kier molecular flexibility index (Phi) is 10.6. The van der Waals surface area contributed by atoms with E-state index < -0.39 is 0 Å². The zero-order chi connectivity index (χ0) is 31.7. The SMILES string of the molecule is C[C@H](CCC(=O)NCCC[N+](C)(C)CCCc1ccccc1)[C@H]1CCC2C3C(C[C@H](O)[C@@]21C)[C@@]1(C)CC[C@@H](O)CC1C[C@H]3O. The molecule has 248 valence electrons. The van der Waals surface area contributed by atoms with Crippen LogP contribution in [0.4, 0.5) is 0 Å². The maximum absolute atomic E-state index is 12.8. The highest BCUT2D eigenvalue weighted by Gasteiger charge is 2.65. The van der Waals surface area contributed by atoms with Crippen LogP contribution in [-0.2, 0) is 11.2 Å². The molecule has 44 heavy (non-hydrogen) atoms. The summed E-state index contributed by atoms with van der Waals surface area (Å²) in [5.74, 6) is 2.11. The van der Waals surface area contributed by atoms with Gasteiger partial charge in [0.05, 0.1) is 45.5 Å². The van der Waals surface area contributed by atoms with Gasteiger partial charge in [0, 0.05) is 25.8 Å². The van der Waals surface area contributed by atoms with Gasteiger partial charge in [-0.1, -0.05) is 51.1 Å². The molecular weight excluding hydrogens is 548 g/mol. The maximum Gasteiger partial charge on any atom is 0.220 e. The molecule has 4 unspecified atom stereocenters. The van der Waals surface area contributed by atoms with Gasteiger partial charge in [0.1, 0.15) is 0 Å². The van der Waals surface area contributed by atoms with Crippen LogP contribution in [0.25, 0.3) is 0 Å². The van der Waals surface area contributed by atoms with Gasteiger partial charge in [-0.2, -0.15) is 0 Å². The number of quaternary nitrogens is 1. The highest BCUT2D eigenvalue weighted by atomic mass is 16.3. The molecule has 4 fully saturated rings. The molecule has 0 heterocycles. The fourth-order valence-corrected chi connectivity index (χ4v) is 11.0. The number of hydrogen-bond acceptors (Lipinski definition) is 4. The van der Waals surface area contributed by atoms with Crippen molar-refractivity contribution in [2.45, 2.75) is 116 Å². The van der Waals surface area contributed by atoms with E-state index in [2.05, 4.69) is 70.5 Å². The number of nitrogens with one attached hydrogen (secondary N) is 1. The van der Waals surface area contributed by atoms with Crippen molar-refractivity contribution in [1.29, 1.82) is 0 Å². The summed E-state index contributed by atoms with van der Waals surface area (Å²) in [4.78, 5) is 12.8. The number of amides is 1. The summed E-state index contributed by atoms with van der Waals surface area (Å²) >= 11 is 0. The van der Waals surface area contributed by atoms with Crippen LogP contribution >= 0.6 is 0 Å². The van der Waals surface area contributed by atoms with E-state index in [1.807, 2.05) is 0 Å². The molecule has 1 amide bonds. The Labute approximate surface area is 267 Å². The molecule has 0 spiro atoms. The lowest BCUT2D eigenvalue weighted by atomic mass is 9.43. The number of fused-ring (bicyclic) bond motifs is 5. The first kappa shape index (κ1) is 33.9. The lowest BCUT2D eigenvalue weighted by Crippen LogP contribution is -2.62. The van der Waals surface area contributed by atoms with Crippen LogP contribution in [0.1, 0.15) is 97.0 Å². The summed E-state index contributed by atoms with van der Waals surface area (Å²) in [6, 6.07) is 10.7. The molecule has 1 aromatic carbocycles. The first-order valence-electron chi connectivity index (χ1n) is 18.0. The van der Waals surface area contributed by atoms with E-state index in [1.54, 1.807) is 0 Å². The number of aliphatic hydroxyl groups is 3. The third-order valence-corrected chi connectivity index (χ3v) is 13.7. The van der Waals surface area contributed by atoms with E-state index in [1.165, 1.54) is 12.0 Å². The van der Waals surface area contributed by atoms with E-state index in [9.17, 15) is 20.1 Å². The molecule has 0 aliphatic heterocycles. The quantitative estimate of drug-likeness (QED) is 0.184. The number of aliphatic hydroxyl groups excluding tert-OH is 3. The highest BCUT2D eigenvalue weighted by Crippen LogP contribution is 2.68. The molecule has 4 saturated carbocycles. The van der Waals surface area contributed by atoms with Gasteiger partial charge in [-0.3, -0.25) is 4.79 Å². The molecular formula is C38H63N2O4+. The van der Waals surface area contributed by atoms with Crippen LogP contribution in [0, 0.1) is 46.3 Å². The highest BCUT2D eigenvalue weighted by molar-refractivity contribution is 5.75. The minimum absolute atomic E-state index is 0.101. The number of benzene rings is 1. The van der Waals surface area contributed by atoms with Crippen molar-refractivity contribution in [3.63, 3.8) is 0 Å². The molecule has 1 aromatic rings. The first-order valence-corrected chi connectivity index (χ1v) is 18.0. The molecule has 0 bridgehead atoms. The van der Waals surface area contributed by atoms with Gasteiger partial charge in [0.15, 0.2) is 0 Å². The van der Waals surface area contributed by atoms with Crippen molar-refractivity contribution >= 4 is 5.91 Å². The normalized spacial score (nSPS) is 39.2. The van der Waals surface area contributed by atoms with Crippen molar-refractivity contribution in [3.8, 4) is 0 Å². The van der Waals surface area contributed by atoms with Crippen LogP contribution in [0.2, 0.25) is 0 Å². The van der Waals surface area contributed by atoms with Crippen molar-refractivity contribution in [1.82, 2.24) is 5.32 Å². The van der Waals surface area contributed by atoms with Gasteiger partial charge in [-0.25, -0.2) is 0 Å². The summed E-state index contributed by atoms with van der Waals surface area (Å²) in [5.41, 5.74) is 1.29. The number of rotatable bonds is 12. The van der Waals surface area contributed by atoms with Crippen molar-refractivity contribution < 1.29 is 24.6 Å². The van der Waals surface area contributed by atoms with E-state index in [-0.39, 0.29) is 41.0 Å². The average Bonchev–Trinajstić information content (AvgIpc) is 3.34. The van der Waals surface area contributed by atoms with E-state index in [0.29, 0.717) is 36.0 Å². The van der Waals surface area contributed by atoms with Gasteiger partial charge in [-0.05, 0) is 110 Å². The number of aryl methyl sites for hydroxylation is 1. The van der Waals surface area contributed by atoms with Crippen LogP contribution < -0.4 is 5.32 Å². The predicted molar refractivity (Wildman–Crippen MR) is 177 cm³/mol. The third kappa shape index (κ3) is 6.94. The standard InChI is InChI=1S/C38H62N2O4/c1-26(14-17-35(44)39-20-10-22-40(4,5)21-9-13-27-11-7-6-8-12-27)30-15-16-31-36-32(25-34(43)38(30,31)3)37(2)19-18-29(41)23-28(37)24-33(36)42/h6-8,11-12,26,28-34,36,41-43H,9-10,13-25H2,1-5H3/p+1/t26-,28?,29-,30-,31?,32?,33-,34+,36?,37+,38-/m1/s1. The Bertz CT molecular complexity index is 1100. The van der Waals surface area contributed by atoms with E-state index in [0.717, 1.165) is 88.3 Å². The number of nitrogens with zero attached hydrogens (tertiary/aromatic N) is 1. The largest absolute Gasteiger partial charge is 0.393 e. The Morgan fingerprint density at radius 2 is 1.70 bits per heavy atom. The number of carbonyl (C=O) groups is 1. The van der Waals surface area contributed by atoms with Crippen molar-refractivity contribution in [2.24, 2.45) is 46.3 Å². The Hall–Kier alpha value is -1.47. The number of carbonyl (C=O) groups excluding carboxylic acids is 1. The van der Waals surface area contributed by atoms with Gasteiger partial charge in [-0.15, -0.1) is 0 Å². The third-order valence-electron chi connectivity index (χ3n) is 13.7. The van der Waals surface area contributed by atoms with Gasteiger partial charge < -0.3 is 25.1 Å². The predicted octanol–water partition coefficient (Wildman–Crippen LogP) is 5.58. The smallest absolute Gasteiger partial charge is 0.220 e. The van der Waals surface area contributed by atoms with Crippen molar-refractivity contribution in [3.05, 3.63) is 35.9 Å². The first-order chi connectivity index (χ1) is 20.8. The molecule has 6 heteroatoms. The molecule has 0 aromatic heterocycles. The molecule has 6 nitrogen and oxygen atoms in total. The topological polar surface area (TPSA) is 89.8 Å². The minimum Gasteiger partial charge on any atom is -0.393 e. The van der Waals surface area contributed by atoms with Crippen molar-refractivity contribution in [2.75, 3.05) is 33.7 Å². The monoisotopic (exact) mass is 611 g/mol. The fraction of sp³-hybridized carbons (Fsp3) is 0.816.